The quantitative estimate of drug-likeness (QED) is 0.506. The number of hydrogen-bond donors (Lipinski definition) is 0. The van der Waals surface area contributed by atoms with Gasteiger partial charge in [-0.2, -0.15) is 0 Å². The first-order valence-electron chi connectivity index (χ1n) is 2.84. The standard InChI is InChI=1S/C7H4BrCl2I/c8-6-2-1-4(11)3-5(6)7(9)10/h1-3,7H. The van der Waals surface area contributed by atoms with Gasteiger partial charge in [-0.1, -0.05) is 15.9 Å². The minimum absolute atomic E-state index is 0.459. The predicted octanol–water partition coefficient (Wildman–Crippen LogP) is 4.53. The fraction of sp³-hybridized carbons (Fsp3) is 0.143. The van der Waals surface area contributed by atoms with Crippen LogP contribution in [-0.4, -0.2) is 0 Å². The average Bonchev–Trinajstić information content (AvgIpc) is 1.94. The van der Waals surface area contributed by atoms with Crippen LogP contribution in [0.4, 0.5) is 0 Å². The van der Waals surface area contributed by atoms with Crippen molar-refractivity contribution in [2.45, 2.75) is 4.84 Å². The van der Waals surface area contributed by atoms with Crippen LogP contribution in [0, 0.1) is 3.57 Å². The summed E-state index contributed by atoms with van der Waals surface area (Å²) in [5, 5.41) is 0. The summed E-state index contributed by atoms with van der Waals surface area (Å²) < 4.78 is 2.08. The Kier molecular flexibility index (Phi) is 3.95. The van der Waals surface area contributed by atoms with Gasteiger partial charge in [0.2, 0.25) is 0 Å². The van der Waals surface area contributed by atoms with E-state index in [4.69, 9.17) is 23.2 Å². The highest BCUT2D eigenvalue weighted by Gasteiger charge is 2.07. The minimum Gasteiger partial charge on any atom is -0.100 e. The first-order chi connectivity index (χ1) is 5.11. The van der Waals surface area contributed by atoms with Crippen LogP contribution in [0.2, 0.25) is 0 Å². The zero-order valence-electron chi connectivity index (χ0n) is 5.32. The van der Waals surface area contributed by atoms with E-state index in [1.165, 1.54) is 0 Å². The zero-order valence-corrected chi connectivity index (χ0v) is 10.6. The number of alkyl halides is 2. The van der Waals surface area contributed by atoms with E-state index in [0.717, 1.165) is 13.6 Å². The Morgan fingerprint density at radius 3 is 2.45 bits per heavy atom. The summed E-state index contributed by atoms with van der Waals surface area (Å²) in [6.45, 7) is 0. The lowest BCUT2D eigenvalue weighted by Gasteiger charge is -2.04. The maximum Gasteiger partial charge on any atom is 0.133 e. The molecule has 0 N–H and O–H groups in total. The summed E-state index contributed by atoms with van der Waals surface area (Å²) >= 11 is 17.0. The normalized spacial score (nSPS) is 10.6. The molecule has 60 valence electrons. The Bertz CT molecular complexity index is 263. The Morgan fingerprint density at radius 1 is 1.36 bits per heavy atom. The lowest BCUT2D eigenvalue weighted by Crippen LogP contribution is -1.84. The molecule has 0 nitrogen and oxygen atoms in total. The van der Waals surface area contributed by atoms with Crippen molar-refractivity contribution in [3.63, 3.8) is 0 Å². The van der Waals surface area contributed by atoms with Gasteiger partial charge >= 0.3 is 0 Å². The third-order valence-electron chi connectivity index (χ3n) is 1.19. The van der Waals surface area contributed by atoms with Gasteiger partial charge in [-0.25, -0.2) is 0 Å². The van der Waals surface area contributed by atoms with Crippen molar-refractivity contribution in [2.75, 3.05) is 0 Å². The number of rotatable bonds is 1. The van der Waals surface area contributed by atoms with Gasteiger partial charge in [0.1, 0.15) is 4.84 Å². The average molecular weight is 366 g/mol. The molecule has 4 heteroatoms. The van der Waals surface area contributed by atoms with Crippen molar-refractivity contribution >= 4 is 61.7 Å². The highest BCUT2D eigenvalue weighted by molar-refractivity contribution is 14.1. The predicted molar refractivity (Wildman–Crippen MR) is 61.3 cm³/mol. The lowest BCUT2D eigenvalue weighted by atomic mass is 10.2. The third kappa shape index (κ3) is 2.76. The van der Waals surface area contributed by atoms with Gasteiger partial charge in [0, 0.05) is 8.04 Å². The van der Waals surface area contributed by atoms with Gasteiger partial charge in [0.05, 0.1) is 0 Å². The second kappa shape index (κ2) is 4.30. The molecule has 11 heavy (non-hydrogen) atoms. The fourth-order valence-corrected chi connectivity index (χ4v) is 2.30. The molecule has 0 atom stereocenters. The number of halogens is 4. The van der Waals surface area contributed by atoms with Gasteiger partial charge < -0.3 is 0 Å². The van der Waals surface area contributed by atoms with Gasteiger partial charge in [0.25, 0.3) is 0 Å². The molecule has 0 radical (unpaired) electrons. The smallest absolute Gasteiger partial charge is 0.100 e. The molecule has 0 fully saturated rings. The topological polar surface area (TPSA) is 0 Å². The van der Waals surface area contributed by atoms with E-state index in [0.29, 0.717) is 0 Å². The van der Waals surface area contributed by atoms with E-state index in [1.54, 1.807) is 0 Å². The molecule has 0 saturated heterocycles. The van der Waals surface area contributed by atoms with E-state index < -0.39 is 4.84 Å². The minimum atomic E-state index is -0.459. The molecule has 0 bridgehead atoms. The number of hydrogen-bond acceptors (Lipinski definition) is 0. The van der Waals surface area contributed by atoms with Crippen LogP contribution in [0.1, 0.15) is 10.4 Å². The highest BCUT2D eigenvalue weighted by Crippen LogP contribution is 2.32. The van der Waals surface area contributed by atoms with Crippen LogP contribution in [-0.2, 0) is 0 Å². The molecule has 0 spiro atoms. The maximum atomic E-state index is 5.71. The van der Waals surface area contributed by atoms with Crippen LogP contribution in [0.3, 0.4) is 0 Å². The second-order valence-corrected chi connectivity index (χ2v) is 5.16. The number of benzene rings is 1. The molecule has 0 unspecified atom stereocenters. The van der Waals surface area contributed by atoms with Gasteiger partial charge in [-0.15, -0.1) is 23.2 Å². The van der Waals surface area contributed by atoms with E-state index in [-0.39, 0.29) is 0 Å². The summed E-state index contributed by atoms with van der Waals surface area (Å²) in [5.74, 6) is 0. The maximum absolute atomic E-state index is 5.71. The second-order valence-electron chi connectivity index (χ2n) is 1.97. The largest absolute Gasteiger partial charge is 0.133 e. The summed E-state index contributed by atoms with van der Waals surface area (Å²) in [6, 6.07) is 5.88. The Balaban J connectivity index is 3.13. The summed E-state index contributed by atoms with van der Waals surface area (Å²) in [4.78, 5) is -0.459. The molecule has 0 saturated carbocycles. The Labute approximate surface area is 97.5 Å². The summed E-state index contributed by atoms with van der Waals surface area (Å²) in [7, 11) is 0. The monoisotopic (exact) mass is 364 g/mol. The molecular weight excluding hydrogens is 362 g/mol. The van der Waals surface area contributed by atoms with Crippen molar-refractivity contribution in [2.24, 2.45) is 0 Å². The van der Waals surface area contributed by atoms with Crippen LogP contribution >= 0.6 is 61.7 Å². The van der Waals surface area contributed by atoms with Crippen molar-refractivity contribution in [3.05, 3.63) is 31.8 Å². The lowest BCUT2D eigenvalue weighted by molar-refractivity contribution is 1.31. The first kappa shape index (κ1) is 10.1. The Hall–Kier alpha value is 1.01. The van der Waals surface area contributed by atoms with E-state index >= 15 is 0 Å². The van der Waals surface area contributed by atoms with E-state index in [9.17, 15) is 0 Å². The summed E-state index contributed by atoms with van der Waals surface area (Å²) in [5.41, 5.74) is 0.917. The van der Waals surface area contributed by atoms with Crippen molar-refractivity contribution in [1.29, 1.82) is 0 Å². The molecule has 0 aliphatic carbocycles. The zero-order chi connectivity index (χ0) is 8.43. The van der Waals surface area contributed by atoms with Crippen LogP contribution in [0.5, 0.6) is 0 Å². The van der Waals surface area contributed by atoms with Gasteiger partial charge in [-0.05, 0) is 46.4 Å². The molecular formula is C7H4BrCl2I. The molecule has 0 heterocycles. The summed E-state index contributed by atoms with van der Waals surface area (Å²) in [6.07, 6.45) is 0. The molecule has 0 aliphatic heterocycles. The van der Waals surface area contributed by atoms with Gasteiger partial charge in [-0.3, -0.25) is 0 Å². The van der Waals surface area contributed by atoms with Crippen LogP contribution in [0.15, 0.2) is 22.7 Å². The SMILES string of the molecule is ClC(Cl)c1cc(I)ccc1Br. The van der Waals surface area contributed by atoms with Crippen LogP contribution in [0.25, 0.3) is 0 Å². The van der Waals surface area contributed by atoms with Crippen molar-refractivity contribution < 1.29 is 0 Å². The first-order valence-corrected chi connectivity index (χ1v) is 5.59. The molecule has 1 aromatic carbocycles. The van der Waals surface area contributed by atoms with E-state index in [1.807, 2.05) is 18.2 Å². The molecule has 0 amide bonds. The molecule has 0 aromatic heterocycles. The van der Waals surface area contributed by atoms with Crippen molar-refractivity contribution in [3.8, 4) is 0 Å². The van der Waals surface area contributed by atoms with Crippen molar-refractivity contribution in [1.82, 2.24) is 0 Å². The fourth-order valence-electron chi connectivity index (χ4n) is 0.682. The molecule has 1 rings (SSSR count). The molecule has 0 aliphatic rings. The van der Waals surface area contributed by atoms with Crippen LogP contribution < -0.4 is 0 Å². The Morgan fingerprint density at radius 2 is 2.00 bits per heavy atom. The van der Waals surface area contributed by atoms with E-state index in [2.05, 4.69) is 38.5 Å². The molecule has 1 aromatic rings. The van der Waals surface area contributed by atoms with Gasteiger partial charge in [0.15, 0.2) is 0 Å². The highest BCUT2D eigenvalue weighted by atomic mass is 127. The third-order valence-corrected chi connectivity index (χ3v) is 3.06.